The maximum atomic E-state index is 12.1. The third-order valence-electron chi connectivity index (χ3n) is 3.80. The summed E-state index contributed by atoms with van der Waals surface area (Å²) in [6, 6.07) is 8.09. The molecule has 3 N–H and O–H groups in total. The minimum Gasteiger partial charge on any atom is -0.328 e. The number of rotatable bonds is 5. The number of hydrogen-bond donors (Lipinski definition) is 2. The maximum absolute atomic E-state index is 12.1. The van der Waals surface area contributed by atoms with Crippen LogP contribution in [0.2, 0.25) is 0 Å². The Kier molecular flexibility index (Phi) is 5.46. The van der Waals surface area contributed by atoms with Crippen molar-refractivity contribution in [1.82, 2.24) is 4.90 Å². The molecule has 0 spiro atoms. The summed E-state index contributed by atoms with van der Waals surface area (Å²) in [6.45, 7) is 4.38. The number of likely N-dealkylation sites (tertiary alicyclic amines) is 1. The van der Waals surface area contributed by atoms with Crippen LogP contribution in [0.3, 0.4) is 0 Å². The van der Waals surface area contributed by atoms with Gasteiger partial charge in [0.2, 0.25) is 5.91 Å². The average molecular weight is 293 g/mol. The van der Waals surface area contributed by atoms with E-state index in [1.807, 2.05) is 37.4 Å². The van der Waals surface area contributed by atoms with E-state index in [1.54, 1.807) is 11.8 Å². The molecule has 20 heavy (non-hydrogen) atoms. The van der Waals surface area contributed by atoms with E-state index in [0.717, 1.165) is 30.1 Å². The molecule has 0 saturated carbocycles. The Hall–Kier alpha value is -1.04. The van der Waals surface area contributed by atoms with Crippen molar-refractivity contribution in [2.24, 2.45) is 11.7 Å². The molecule has 2 unspecified atom stereocenters. The second-order valence-corrected chi connectivity index (χ2v) is 6.24. The quantitative estimate of drug-likeness (QED) is 0.816. The standard InChI is InChI=1S/C15H23N3OS/c1-11(16)12-7-8-18(9-12)10-15(19)17-13-5-3-4-6-14(13)20-2/h3-6,11-12H,7-10,16H2,1-2H3,(H,17,19). The van der Waals surface area contributed by atoms with Gasteiger partial charge >= 0.3 is 0 Å². The molecule has 1 saturated heterocycles. The van der Waals surface area contributed by atoms with E-state index in [2.05, 4.69) is 10.2 Å². The van der Waals surface area contributed by atoms with Crippen LogP contribution in [0.4, 0.5) is 5.69 Å². The number of anilines is 1. The molecule has 4 nitrogen and oxygen atoms in total. The van der Waals surface area contributed by atoms with Gasteiger partial charge in [0.1, 0.15) is 0 Å². The molecule has 2 atom stereocenters. The molecule has 110 valence electrons. The highest BCUT2D eigenvalue weighted by molar-refractivity contribution is 7.98. The van der Waals surface area contributed by atoms with Gasteiger partial charge < -0.3 is 11.1 Å². The first-order valence-corrected chi connectivity index (χ1v) is 8.23. The Morgan fingerprint density at radius 2 is 2.30 bits per heavy atom. The highest BCUT2D eigenvalue weighted by atomic mass is 32.2. The molecule has 1 amide bonds. The Morgan fingerprint density at radius 3 is 2.95 bits per heavy atom. The Labute approximate surface area is 125 Å². The molecular formula is C15H23N3OS. The van der Waals surface area contributed by atoms with Gasteiger partial charge in [-0.15, -0.1) is 11.8 Å². The van der Waals surface area contributed by atoms with E-state index in [9.17, 15) is 4.79 Å². The summed E-state index contributed by atoms with van der Waals surface area (Å²) in [5.74, 6) is 0.568. The van der Waals surface area contributed by atoms with Crippen molar-refractivity contribution in [1.29, 1.82) is 0 Å². The van der Waals surface area contributed by atoms with Crippen LogP contribution in [0.5, 0.6) is 0 Å². The molecule has 1 aromatic carbocycles. The van der Waals surface area contributed by atoms with Gasteiger partial charge in [0, 0.05) is 17.5 Å². The number of nitrogens with one attached hydrogen (secondary N) is 1. The number of para-hydroxylation sites is 1. The summed E-state index contributed by atoms with van der Waals surface area (Å²) >= 11 is 1.64. The highest BCUT2D eigenvalue weighted by Gasteiger charge is 2.26. The van der Waals surface area contributed by atoms with E-state index in [-0.39, 0.29) is 11.9 Å². The first kappa shape index (κ1) is 15.4. The third kappa shape index (κ3) is 3.98. The number of thioether (sulfide) groups is 1. The Bertz CT molecular complexity index is 464. The molecular weight excluding hydrogens is 270 g/mol. The normalized spacial score (nSPS) is 20.9. The fourth-order valence-corrected chi connectivity index (χ4v) is 3.13. The van der Waals surface area contributed by atoms with Crippen molar-refractivity contribution in [3.05, 3.63) is 24.3 Å². The predicted molar refractivity (Wildman–Crippen MR) is 85.0 cm³/mol. The van der Waals surface area contributed by atoms with Gasteiger partial charge in [-0.3, -0.25) is 9.69 Å². The number of benzene rings is 1. The second-order valence-electron chi connectivity index (χ2n) is 5.39. The number of nitrogens with two attached hydrogens (primary N) is 1. The minimum atomic E-state index is 0.0526. The van der Waals surface area contributed by atoms with Gasteiger partial charge in [-0.05, 0) is 44.2 Å². The molecule has 1 fully saturated rings. The number of carbonyl (C=O) groups is 1. The number of carbonyl (C=O) groups excluding carboxylic acids is 1. The molecule has 5 heteroatoms. The van der Waals surface area contributed by atoms with Gasteiger partial charge in [-0.25, -0.2) is 0 Å². The molecule has 2 rings (SSSR count). The zero-order valence-electron chi connectivity index (χ0n) is 12.1. The largest absolute Gasteiger partial charge is 0.328 e. The molecule has 1 aromatic rings. The molecule has 0 aliphatic carbocycles. The van der Waals surface area contributed by atoms with Gasteiger partial charge in [0.05, 0.1) is 12.2 Å². The topological polar surface area (TPSA) is 58.4 Å². The molecule has 0 aromatic heterocycles. The first-order valence-electron chi connectivity index (χ1n) is 7.01. The highest BCUT2D eigenvalue weighted by Crippen LogP contribution is 2.24. The maximum Gasteiger partial charge on any atom is 0.238 e. The van der Waals surface area contributed by atoms with Gasteiger partial charge in [-0.1, -0.05) is 12.1 Å². The average Bonchev–Trinajstić information content (AvgIpc) is 2.88. The fourth-order valence-electron chi connectivity index (χ4n) is 2.58. The van der Waals surface area contributed by atoms with E-state index in [4.69, 9.17) is 5.73 Å². The van der Waals surface area contributed by atoms with Crippen molar-refractivity contribution in [2.75, 3.05) is 31.2 Å². The summed E-state index contributed by atoms with van der Waals surface area (Å²) in [7, 11) is 0. The number of nitrogens with zero attached hydrogens (tertiary/aromatic N) is 1. The van der Waals surface area contributed by atoms with E-state index in [0.29, 0.717) is 12.5 Å². The van der Waals surface area contributed by atoms with Gasteiger partial charge in [0.25, 0.3) is 0 Å². The predicted octanol–water partition coefficient (Wildman–Crippen LogP) is 2.02. The van der Waals surface area contributed by atoms with E-state index in [1.165, 1.54) is 0 Å². The van der Waals surface area contributed by atoms with Crippen LogP contribution in [-0.4, -0.2) is 42.7 Å². The third-order valence-corrected chi connectivity index (χ3v) is 4.60. The first-order chi connectivity index (χ1) is 9.60. The number of amides is 1. The molecule has 0 bridgehead atoms. The van der Waals surface area contributed by atoms with Crippen LogP contribution in [0.25, 0.3) is 0 Å². The summed E-state index contributed by atoms with van der Waals surface area (Å²) in [4.78, 5) is 15.4. The van der Waals surface area contributed by atoms with Crippen LogP contribution >= 0.6 is 11.8 Å². The Morgan fingerprint density at radius 1 is 1.55 bits per heavy atom. The summed E-state index contributed by atoms with van der Waals surface area (Å²) in [5.41, 5.74) is 6.82. The molecule has 0 radical (unpaired) electrons. The van der Waals surface area contributed by atoms with E-state index >= 15 is 0 Å². The lowest BCUT2D eigenvalue weighted by molar-refractivity contribution is -0.117. The van der Waals surface area contributed by atoms with Crippen molar-refractivity contribution in [3.8, 4) is 0 Å². The number of hydrogen-bond acceptors (Lipinski definition) is 4. The van der Waals surface area contributed by atoms with Gasteiger partial charge in [-0.2, -0.15) is 0 Å². The van der Waals surface area contributed by atoms with Crippen LogP contribution in [0.1, 0.15) is 13.3 Å². The van der Waals surface area contributed by atoms with Crippen molar-refractivity contribution < 1.29 is 4.79 Å². The van der Waals surface area contributed by atoms with Crippen molar-refractivity contribution >= 4 is 23.4 Å². The van der Waals surface area contributed by atoms with Crippen LogP contribution in [0.15, 0.2) is 29.2 Å². The van der Waals surface area contributed by atoms with Crippen LogP contribution in [0, 0.1) is 5.92 Å². The van der Waals surface area contributed by atoms with Crippen LogP contribution in [-0.2, 0) is 4.79 Å². The minimum absolute atomic E-state index is 0.0526. The van der Waals surface area contributed by atoms with E-state index < -0.39 is 0 Å². The fraction of sp³-hybridized carbons (Fsp3) is 0.533. The summed E-state index contributed by atoms with van der Waals surface area (Å²) in [6.07, 6.45) is 3.10. The SMILES string of the molecule is CSc1ccccc1NC(=O)CN1CCC(C(C)N)C1. The van der Waals surface area contributed by atoms with Crippen molar-refractivity contribution in [3.63, 3.8) is 0 Å². The molecule has 1 aliphatic rings. The van der Waals surface area contributed by atoms with Crippen LogP contribution < -0.4 is 11.1 Å². The lowest BCUT2D eigenvalue weighted by Gasteiger charge is -2.18. The zero-order chi connectivity index (χ0) is 14.5. The monoisotopic (exact) mass is 293 g/mol. The second kappa shape index (κ2) is 7.11. The zero-order valence-corrected chi connectivity index (χ0v) is 13.0. The van der Waals surface area contributed by atoms with Gasteiger partial charge in [0.15, 0.2) is 0 Å². The molecule has 1 aliphatic heterocycles. The summed E-state index contributed by atoms with van der Waals surface area (Å²) < 4.78 is 0. The summed E-state index contributed by atoms with van der Waals surface area (Å²) in [5, 5.41) is 3.00. The molecule has 1 heterocycles. The smallest absolute Gasteiger partial charge is 0.238 e. The Balaban J connectivity index is 1.87. The lowest BCUT2D eigenvalue weighted by Crippen LogP contribution is -2.34. The van der Waals surface area contributed by atoms with Crippen molar-refractivity contribution in [2.45, 2.75) is 24.3 Å². The lowest BCUT2D eigenvalue weighted by atomic mass is 10.0.